The summed E-state index contributed by atoms with van der Waals surface area (Å²) in [6.07, 6.45) is 1.63. The number of nitrogens with one attached hydrogen (secondary N) is 2. The molecule has 1 saturated heterocycles. The number of benzene rings is 1. The lowest BCUT2D eigenvalue weighted by molar-refractivity contribution is -0.124. The monoisotopic (exact) mass is 276 g/mol. The Morgan fingerprint density at radius 1 is 1.45 bits per heavy atom. The van der Waals surface area contributed by atoms with E-state index < -0.39 is 5.97 Å². The van der Waals surface area contributed by atoms with Gasteiger partial charge in [0.05, 0.1) is 18.1 Å². The number of methoxy groups -OCH3 is 1. The number of carbonyl (C=O) groups is 2. The van der Waals surface area contributed by atoms with Gasteiger partial charge in [0, 0.05) is 12.2 Å². The summed E-state index contributed by atoms with van der Waals surface area (Å²) in [5.74, 6) is -0.402. The van der Waals surface area contributed by atoms with Crippen molar-refractivity contribution >= 4 is 17.6 Å². The van der Waals surface area contributed by atoms with Gasteiger partial charge in [-0.25, -0.2) is 4.79 Å². The summed E-state index contributed by atoms with van der Waals surface area (Å²) in [5, 5.41) is 6.14. The highest BCUT2D eigenvalue weighted by Crippen LogP contribution is 2.31. The topological polar surface area (TPSA) is 67.4 Å². The highest BCUT2D eigenvalue weighted by atomic mass is 16.5. The Bertz CT molecular complexity index is 508. The number of amides is 1. The second kappa shape index (κ2) is 6.05. The second-order valence-electron chi connectivity index (χ2n) is 5.09. The van der Waals surface area contributed by atoms with Gasteiger partial charge in [-0.1, -0.05) is 13.0 Å². The third-order valence-electron chi connectivity index (χ3n) is 3.94. The molecule has 1 heterocycles. The molecule has 1 unspecified atom stereocenters. The summed E-state index contributed by atoms with van der Waals surface area (Å²) in [4.78, 5) is 23.9. The van der Waals surface area contributed by atoms with E-state index in [1.54, 1.807) is 24.3 Å². The Labute approximate surface area is 118 Å². The number of rotatable bonds is 4. The van der Waals surface area contributed by atoms with E-state index in [1.165, 1.54) is 7.11 Å². The molecule has 1 amide bonds. The normalized spacial score (nSPS) is 21.5. The number of anilines is 1. The summed E-state index contributed by atoms with van der Waals surface area (Å²) in [5.41, 5.74) is 0.708. The standard InChI is InChI=1S/C15H20N2O3/c1-3-15(7-8-16-10-15)14(19)17-12-6-4-5-11(9-12)13(18)20-2/h4-6,9,16H,3,7-8,10H2,1-2H3,(H,17,19). The van der Waals surface area contributed by atoms with Gasteiger partial charge in [-0.3, -0.25) is 4.79 Å². The first-order valence-electron chi connectivity index (χ1n) is 6.82. The first-order valence-corrected chi connectivity index (χ1v) is 6.82. The maximum atomic E-state index is 12.5. The van der Waals surface area contributed by atoms with Crippen molar-refractivity contribution in [1.82, 2.24) is 5.32 Å². The second-order valence-corrected chi connectivity index (χ2v) is 5.09. The van der Waals surface area contributed by atoms with Crippen LogP contribution < -0.4 is 10.6 Å². The fourth-order valence-electron chi connectivity index (χ4n) is 2.51. The van der Waals surface area contributed by atoms with Gasteiger partial charge < -0.3 is 15.4 Å². The zero-order valence-corrected chi connectivity index (χ0v) is 11.9. The third-order valence-corrected chi connectivity index (χ3v) is 3.94. The molecule has 2 rings (SSSR count). The van der Waals surface area contributed by atoms with E-state index in [0.717, 1.165) is 19.4 Å². The number of hydrogen-bond acceptors (Lipinski definition) is 4. The van der Waals surface area contributed by atoms with Crippen LogP contribution in [0.25, 0.3) is 0 Å². The van der Waals surface area contributed by atoms with E-state index in [-0.39, 0.29) is 11.3 Å². The molecule has 1 aromatic carbocycles. The van der Waals surface area contributed by atoms with E-state index in [0.29, 0.717) is 17.8 Å². The van der Waals surface area contributed by atoms with Crippen molar-refractivity contribution < 1.29 is 14.3 Å². The van der Waals surface area contributed by atoms with Gasteiger partial charge in [0.1, 0.15) is 0 Å². The van der Waals surface area contributed by atoms with Crippen LogP contribution in [0.4, 0.5) is 5.69 Å². The molecular weight excluding hydrogens is 256 g/mol. The Morgan fingerprint density at radius 2 is 2.25 bits per heavy atom. The van der Waals surface area contributed by atoms with Gasteiger partial charge in [0.25, 0.3) is 0 Å². The third kappa shape index (κ3) is 2.82. The van der Waals surface area contributed by atoms with Crippen LogP contribution in [0.3, 0.4) is 0 Å². The molecule has 0 aliphatic carbocycles. The Kier molecular flexibility index (Phi) is 4.39. The molecule has 20 heavy (non-hydrogen) atoms. The summed E-state index contributed by atoms with van der Waals surface area (Å²) in [6, 6.07) is 6.80. The van der Waals surface area contributed by atoms with Crippen LogP contribution in [0.2, 0.25) is 0 Å². The predicted molar refractivity (Wildman–Crippen MR) is 76.6 cm³/mol. The van der Waals surface area contributed by atoms with Crippen molar-refractivity contribution in [2.45, 2.75) is 19.8 Å². The fourth-order valence-corrected chi connectivity index (χ4v) is 2.51. The molecule has 5 heteroatoms. The molecule has 1 fully saturated rings. The molecule has 5 nitrogen and oxygen atoms in total. The lowest BCUT2D eigenvalue weighted by Crippen LogP contribution is -2.37. The number of ether oxygens (including phenoxy) is 1. The summed E-state index contributed by atoms with van der Waals surface area (Å²) >= 11 is 0. The molecule has 0 bridgehead atoms. The molecule has 0 spiro atoms. The highest BCUT2D eigenvalue weighted by molar-refractivity contribution is 5.97. The predicted octanol–water partition coefficient (Wildman–Crippen LogP) is 1.80. The van der Waals surface area contributed by atoms with E-state index in [1.807, 2.05) is 6.92 Å². The minimum Gasteiger partial charge on any atom is -0.465 e. The van der Waals surface area contributed by atoms with Gasteiger partial charge in [-0.2, -0.15) is 0 Å². The fraction of sp³-hybridized carbons (Fsp3) is 0.467. The molecule has 1 aliphatic rings. The van der Waals surface area contributed by atoms with Crippen molar-refractivity contribution in [1.29, 1.82) is 0 Å². The molecular formula is C15H20N2O3. The SMILES string of the molecule is CCC1(C(=O)Nc2cccc(C(=O)OC)c2)CCNC1. The van der Waals surface area contributed by atoms with Crippen molar-refractivity contribution in [2.75, 3.05) is 25.5 Å². The minimum atomic E-state index is -0.408. The van der Waals surface area contributed by atoms with E-state index in [9.17, 15) is 9.59 Å². The smallest absolute Gasteiger partial charge is 0.337 e. The van der Waals surface area contributed by atoms with Crippen molar-refractivity contribution in [3.63, 3.8) is 0 Å². The molecule has 1 aromatic rings. The van der Waals surface area contributed by atoms with Crippen LogP contribution in [0, 0.1) is 5.41 Å². The molecule has 1 atom stereocenters. The number of esters is 1. The summed E-state index contributed by atoms with van der Waals surface area (Å²) < 4.78 is 4.68. The summed E-state index contributed by atoms with van der Waals surface area (Å²) in [7, 11) is 1.34. The largest absolute Gasteiger partial charge is 0.465 e. The van der Waals surface area contributed by atoms with Crippen LogP contribution in [0.5, 0.6) is 0 Å². The molecule has 0 radical (unpaired) electrons. The average Bonchev–Trinajstić information content (AvgIpc) is 2.97. The molecule has 0 saturated carbocycles. The zero-order chi connectivity index (χ0) is 14.6. The molecule has 108 valence electrons. The number of carbonyl (C=O) groups excluding carboxylic acids is 2. The first kappa shape index (κ1) is 14.5. The zero-order valence-electron chi connectivity index (χ0n) is 11.9. The lowest BCUT2D eigenvalue weighted by atomic mass is 9.83. The van der Waals surface area contributed by atoms with E-state index in [4.69, 9.17) is 0 Å². The van der Waals surface area contributed by atoms with Crippen molar-refractivity contribution in [3.8, 4) is 0 Å². The maximum Gasteiger partial charge on any atom is 0.337 e. The van der Waals surface area contributed by atoms with Crippen molar-refractivity contribution in [3.05, 3.63) is 29.8 Å². The molecule has 0 aromatic heterocycles. The maximum absolute atomic E-state index is 12.5. The minimum absolute atomic E-state index is 0.00650. The summed E-state index contributed by atoms with van der Waals surface area (Å²) in [6.45, 7) is 3.59. The Balaban J connectivity index is 2.13. The lowest BCUT2D eigenvalue weighted by Gasteiger charge is -2.25. The van der Waals surface area contributed by atoms with Crippen molar-refractivity contribution in [2.24, 2.45) is 5.41 Å². The Hall–Kier alpha value is -1.88. The van der Waals surface area contributed by atoms with E-state index >= 15 is 0 Å². The van der Waals surface area contributed by atoms with Gasteiger partial charge in [-0.05, 0) is 37.6 Å². The van der Waals surface area contributed by atoms with Crippen LogP contribution in [-0.4, -0.2) is 32.1 Å². The van der Waals surface area contributed by atoms with Crippen LogP contribution in [0.15, 0.2) is 24.3 Å². The van der Waals surface area contributed by atoms with Gasteiger partial charge in [0.2, 0.25) is 5.91 Å². The van der Waals surface area contributed by atoms with Crippen LogP contribution in [0.1, 0.15) is 30.1 Å². The van der Waals surface area contributed by atoms with Gasteiger partial charge in [-0.15, -0.1) is 0 Å². The van der Waals surface area contributed by atoms with Crippen LogP contribution in [-0.2, 0) is 9.53 Å². The highest BCUT2D eigenvalue weighted by Gasteiger charge is 2.39. The van der Waals surface area contributed by atoms with E-state index in [2.05, 4.69) is 15.4 Å². The average molecular weight is 276 g/mol. The Morgan fingerprint density at radius 3 is 2.85 bits per heavy atom. The van der Waals surface area contributed by atoms with Gasteiger partial charge in [0.15, 0.2) is 0 Å². The van der Waals surface area contributed by atoms with Crippen LogP contribution >= 0.6 is 0 Å². The molecule has 2 N–H and O–H groups in total. The number of hydrogen-bond donors (Lipinski definition) is 2. The quantitative estimate of drug-likeness (QED) is 0.823. The first-order chi connectivity index (χ1) is 9.61. The molecule has 1 aliphatic heterocycles. The van der Waals surface area contributed by atoms with Gasteiger partial charge >= 0.3 is 5.97 Å².